The highest BCUT2D eigenvalue weighted by Gasteiger charge is 2.30. The monoisotopic (exact) mass is 201 g/mol. The molecule has 0 N–H and O–H groups in total. The number of carbonyl (C=O) groups excluding carboxylic acids is 1. The Bertz CT molecular complexity index is 196. The van der Waals surface area contributed by atoms with Crippen molar-refractivity contribution in [1.82, 2.24) is 4.90 Å². The zero-order valence-electron chi connectivity index (χ0n) is 9.16. The number of ether oxygens (including phenoxy) is 2. The molecule has 0 aliphatic carbocycles. The number of likely N-dealkylation sites (N-methyl/N-ethyl adjacent to an activating group) is 1. The van der Waals surface area contributed by atoms with Gasteiger partial charge in [0.2, 0.25) is 0 Å². The first-order chi connectivity index (χ1) is 6.69. The van der Waals surface area contributed by atoms with E-state index in [1.807, 2.05) is 6.92 Å². The van der Waals surface area contributed by atoms with Crippen molar-refractivity contribution in [2.45, 2.75) is 32.4 Å². The van der Waals surface area contributed by atoms with Crippen LogP contribution in [0, 0.1) is 0 Å². The van der Waals surface area contributed by atoms with Gasteiger partial charge in [-0.1, -0.05) is 6.92 Å². The topological polar surface area (TPSA) is 38.8 Å². The van der Waals surface area contributed by atoms with Crippen molar-refractivity contribution in [3.8, 4) is 0 Å². The highest BCUT2D eigenvalue weighted by Crippen LogP contribution is 2.17. The van der Waals surface area contributed by atoms with Crippen LogP contribution in [0.1, 0.15) is 20.3 Å². The molecule has 1 fully saturated rings. The molecule has 1 rings (SSSR count). The van der Waals surface area contributed by atoms with E-state index in [2.05, 4.69) is 16.6 Å². The standard InChI is InChI=1S/C10H19NO3/c1-4-11-5-6-14-8(2)9(11)7-10(12)13-3/h8-9H,4-7H2,1-3H3. The summed E-state index contributed by atoms with van der Waals surface area (Å²) in [6, 6.07) is 0.168. The maximum Gasteiger partial charge on any atom is 0.307 e. The molecule has 2 atom stereocenters. The summed E-state index contributed by atoms with van der Waals surface area (Å²) in [6.07, 6.45) is 0.536. The predicted octanol–water partition coefficient (Wildman–Crippen LogP) is 0.659. The van der Waals surface area contributed by atoms with Crippen LogP contribution in [0.2, 0.25) is 0 Å². The van der Waals surface area contributed by atoms with Crippen LogP contribution >= 0.6 is 0 Å². The lowest BCUT2D eigenvalue weighted by molar-refractivity contribution is -0.146. The first-order valence-corrected chi connectivity index (χ1v) is 5.11. The average molecular weight is 201 g/mol. The lowest BCUT2D eigenvalue weighted by atomic mass is 10.1. The molecule has 4 heteroatoms. The Morgan fingerprint density at radius 1 is 1.64 bits per heavy atom. The maximum absolute atomic E-state index is 11.2. The number of morpholine rings is 1. The van der Waals surface area contributed by atoms with Crippen molar-refractivity contribution in [1.29, 1.82) is 0 Å². The normalized spacial score (nSPS) is 28.8. The Kier molecular flexibility index (Phi) is 4.35. The Labute approximate surface area is 85.2 Å². The summed E-state index contributed by atoms with van der Waals surface area (Å²) in [7, 11) is 1.42. The maximum atomic E-state index is 11.2. The zero-order chi connectivity index (χ0) is 10.6. The zero-order valence-corrected chi connectivity index (χ0v) is 9.16. The molecule has 0 bridgehead atoms. The van der Waals surface area contributed by atoms with Crippen LogP contribution in [0.15, 0.2) is 0 Å². The minimum Gasteiger partial charge on any atom is -0.469 e. The molecule has 0 aromatic heterocycles. The van der Waals surface area contributed by atoms with E-state index >= 15 is 0 Å². The molecular weight excluding hydrogens is 182 g/mol. The Balaban J connectivity index is 2.54. The van der Waals surface area contributed by atoms with Crippen LogP contribution in [-0.4, -0.2) is 49.8 Å². The Hall–Kier alpha value is -0.610. The minimum absolute atomic E-state index is 0.114. The van der Waals surface area contributed by atoms with E-state index in [0.717, 1.165) is 19.7 Å². The second kappa shape index (κ2) is 5.32. The second-order valence-electron chi connectivity index (χ2n) is 3.55. The van der Waals surface area contributed by atoms with Gasteiger partial charge in [-0.15, -0.1) is 0 Å². The van der Waals surface area contributed by atoms with Crippen molar-refractivity contribution < 1.29 is 14.3 Å². The smallest absolute Gasteiger partial charge is 0.307 e. The van der Waals surface area contributed by atoms with Crippen molar-refractivity contribution in [2.24, 2.45) is 0 Å². The largest absolute Gasteiger partial charge is 0.469 e. The number of hydrogen-bond acceptors (Lipinski definition) is 4. The summed E-state index contributed by atoms with van der Waals surface area (Å²) in [6.45, 7) is 6.72. The molecule has 1 saturated heterocycles. The van der Waals surface area contributed by atoms with E-state index in [0.29, 0.717) is 6.42 Å². The van der Waals surface area contributed by atoms with Gasteiger partial charge in [-0.05, 0) is 13.5 Å². The van der Waals surface area contributed by atoms with Crippen molar-refractivity contribution in [3.63, 3.8) is 0 Å². The highest BCUT2D eigenvalue weighted by molar-refractivity contribution is 5.70. The van der Waals surface area contributed by atoms with Gasteiger partial charge in [0.1, 0.15) is 0 Å². The molecule has 0 aromatic carbocycles. The Morgan fingerprint density at radius 3 is 2.93 bits per heavy atom. The average Bonchev–Trinajstić information content (AvgIpc) is 2.20. The second-order valence-corrected chi connectivity index (χ2v) is 3.55. The van der Waals surface area contributed by atoms with Gasteiger partial charge in [0.15, 0.2) is 0 Å². The van der Waals surface area contributed by atoms with Crippen molar-refractivity contribution >= 4 is 5.97 Å². The fraction of sp³-hybridized carbons (Fsp3) is 0.900. The third-order valence-electron chi connectivity index (χ3n) is 2.78. The van der Waals surface area contributed by atoms with Gasteiger partial charge in [0.05, 0.1) is 26.2 Å². The summed E-state index contributed by atoms with van der Waals surface area (Å²) < 4.78 is 10.2. The molecule has 0 aromatic rings. The number of nitrogens with zero attached hydrogens (tertiary/aromatic N) is 1. The summed E-state index contributed by atoms with van der Waals surface area (Å²) in [5.74, 6) is -0.161. The molecule has 14 heavy (non-hydrogen) atoms. The van der Waals surface area contributed by atoms with Gasteiger partial charge in [-0.2, -0.15) is 0 Å². The number of hydrogen-bond donors (Lipinski definition) is 0. The first-order valence-electron chi connectivity index (χ1n) is 5.11. The highest BCUT2D eigenvalue weighted by atomic mass is 16.5. The molecule has 0 saturated carbocycles. The van der Waals surface area contributed by atoms with Crippen LogP contribution < -0.4 is 0 Å². The van der Waals surface area contributed by atoms with Crippen LogP contribution in [0.25, 0.3) is 0 Å². The fourth-order valence-corrected chi connectivity index (χ4v) is 1.87. The fourth-order valence-electron chi connectivity index (χ4n) is 1.87. The minimum atomic E-state index is -0.161. The van der Waals surface area contributed by atoms with Crippen LogP contribution in [0.3, 0.4) is 0 Å². The molecule has 2 unspecified atom stereocenters. The summed E-state index contributed by atoms with van der Waals surface area (Å²) in [4.78, 5) is 13.5. The van der Waals surface area contributed by atoms with Crippen molar-refractivity contribution in [2.75, 3.05) is 26.8 Å². The van der Waals surface area contributed by atoms with Gasteiger partial charge in [0.25, 0.3) is 0 Å². The molecule has 0 amide bonds. The Morgan fingerprint density at radius 2 is 2.36 bits per heavy atom. The molecule has 0 spiro atoms. The molecule has 0 radical (unpaired) electrons. The van der Waals surface area contributed by atoms with E-state index in [1.165, 1.54) is 7.11 Å². The van der Waals surface area contributed by atoms with E-state index in [1.54, 1.807) is 0 Å². The van der Waals surface area contributed by atoms with Gasteiger partial charge < -0.3 is 9.47 Å². The van der Waals surface area contributed by atoms with E-state index in [4.69, 9.17) is 4.74 Å². The predicted molar refractivity (Wildman–Crippen MR) is 53.1 cm³/mol. The lowest BCUT2D eigenvalue weighted by Crippen LogP contribution is -2.50. The van der Waals surface area contributed by atoms with Gasteiger partial charge >= 0.3 is 5.97 Å². The quantitative estimate of drug-likeness (QED) is 0.629. The van der Waals surface area contributed by atoms with Crippen LogP contribution in [-0.2, 0) is 14.3 Å². The van der Waals surface area contributed by atoms with Gasteiger partial charge in [-0.25, -0.2) is 0 Å². The molecule has 1 aliphatic heterocycles. The molecular formula is C10H19NO3. The van der Waals surface area contributed by atoms with E-state index < -0.39 is 0 Å². The van der Waals surface area contributed by atoms with Gasteiger partial charge in [0, 0.05) is 12.6 Å². The summed E-state index contributed by atoms with van der Waals surface area (Å²) >= 11 is 0. The third-order valence-corrected chi connectivity index (χ3v) is 2.78. The van der Waals surface area contributed by atoms with Crippen LogP contribution in [0.5, 0.6) is 0 Å². The molecule has 82 valence electrons. The molecule has 1 aliphatic rings. The first kappa shape index (κ1) is 11.5. The van der Waals surface area contributed by atoms with Crippen molar-refractivity contribution in [3.05, 3.63) is 0 Å². The molecule has 1 heterocycles. The summed E-state index contributed by atoms with van der Waals surface area (Å²) in [5, 5.41) is 0. The number of methoxy groups -OCH3 is 1. The van der Waals surface area contributed by atoms with E-state index in [9.17, 15) is 4.79 Å². The van der Waals surface area contributed by atoms with Crippen LogP contribution in [0.4, 0.5) is 0 Å². The lowest BCUT2D eigenvalue weighted by Gasteiger charge is -2.38. The SMILES string of the molecule is CCN1CCOC(C)C1CC(=O)OC. The van der Waals surface area contributed by atoms with Gasteiger partial charge in [-0.3, -0.25) is 9.69 Å². The number of esters is 1. The number of rotatable bonds is 3. The van der Waals surface area contributed by atoms with E-state index in [-0.39, 0.29) is 18.1 Å². The number of carbonyl (C=O) groups is 1. The molecule has 4 nitrogen and oxygen atoms in total. The summed E-state index contributed by atoms with van der Waals surface area (Å²) in [5.41, 5.74) is 0. The third kappa shape index (κ3) is 2.69.